The summed E-state index contributed by atoms with van der Waals surface area (Å²) in [5.41, 5.74) is 10.7. The topological polar surface area (TPSA) is 252 Å². The Morgan fingerprint density at radius 2 is 1.39 bits per heavy atom. The van der Waals surface area contributed by atoms with E-state index >= 15 is 0 Å². The number of unbranched alkanes of at least 4 members (excludes halogenated alkanes) is 3. The maximum atomic E-state index is 14.0. The van der Waals surface area contributed by atoms with Crippen molar-refractivity contribution in [2.75, 3.05) is 29.9 Å². The third-order valence-electron chi connectivity index (χ3n) is 10.6. The van der Waals surface area contributed by atoms with Crippen molar-refractivity contribution in [3.63, 3.8) is 0 Å². The van der Waals surface area contributed by atoms with Crippen molar-refractivity contribution >= 4 is 72.5 Å². The van der Waals surface area contributed by atoms with E-state index in [1.807, 2.05) is 53.1 Å². The number of aromatic amines is 1. The Balaban J connectivity index is 0.852. The molecule has 0 fully saturated rings. The Bertz CT molecular complexity index is 2990. The first kappa shape index (κ1) is 44.7. The molecule has 18 heteroatoms. The summed E-state index contributed by atoms with van der Waals surface area (Å²) in [5, 5.41) is 10.4. The average Bonchev–Trinajstić information content (AvgIpc) is 3.27. The molecule has 7 aromatic rings. The molecule has 0 aliphatic heterocycles. The molecule has 0 aliphatic rings. The molecular formula is C46H48N9O8S+. The number of aromatic nitrogens is 5. The average molecular weight is 887 g/mol. The minimum Gasteiger partial charge on any atom is -0.422 e. The van der Waals surface area contributed by atoms with Crippen LogP contribution in [0.4, 0.5) is 11.6 Å². The second-order valence-corrected chi connectivity index (χ2v) is 16.9. The van der Waals surface area contributed by atoms with Gasteiger partial charge in [-0.1, -0.05) is 37.1 Å². The van der Waals surface area contributed by atoms with E-state index in [0.29, 0.717) is 87.2 Å². The summed E-state index contributed by atoms with van der Waals surface area (Å²) in [4.78, 5) is 66.9. The zero-order chi connectivity index (χ0) is 45.4. The van der Waals surface area contributed by atoms with Crippen LogP contribution in [0.3, 0.4) is 0 Å². The van der Waals surface area contributed by atoms with Crippen LogP contribution in [0.25, 0.3) is 33.0 Å². The summed E-state index contributed by atoms with van der Waals surface area (Å²) < 4.78 is 40.2. The summed E-state index contributed by atoms with van der Waals surface area (Å²) >= 11 is 0. The van der Waals surface area contributed by atoms with Crippen LogP contribution >= 0.6 is 0 Å². The molecule has 3 aromatic heterocycles. The highest BCUT2D eigenvalue weighted by Gasteiger charge is 2.26. The standard InChI is InChI=1S/C46H47N9O8S/c1-28-24-31(25-29(2)40(28)63-45(59)38-34-12-5-7-14-36(34)55(22-11-23-64(60,61)62)37-15-8-6-13-35(37)38)43(57)49-21-10-4-3-9-20-48-42(56)30-16-18-32(19-17-30)50-26-33-27-51-41-39(52-33)44(58)54-46(47)53-41/h5-8,12-19,24-25,27H,3-4,9-11,20-23,26H2,1-2H3,(H6-,47,48,49,50,51,53,54,56,57,58,60,61,62)/p+1. The van der Waals surface area contributed by atoms with Gasteiger partial charge in [-0.05, 0) is 86.3 Å². The van der Waals surface area contributed by atoms with E-state index in [0.717, 1.165) is 31.4 Å². The first-order valence-corrected chi connectivity index (χ1v) is 22.4. The van der Waals surface area contributed by atoms with E-state index in [1.54, 1.807) is 50.2 Å². The van der Waals surface area contributed by atoms with Crippen molar-refractivity contribution in [3.8, 4) is 5.75 Å². The number of pyridine rings is 1. The molecule has 17 nitrogen and oxygen atoms in total. The maximum Gasteiger partial charge on any atom is 0.345 e. The van der Waals surface area contributed by atoms with Gasteiger partial charge >= 0.3 is 5.97 Å². The van der Waals surface area contributed by atoms with Crippen LogP contribution in [0, 0.1) is 13.8 Å². The van der Waals surface area contributed by atoms with E-state index in [9.17, 15) is 32.1 Å². The lowest BCUT2D eigenvalue weighted by molar-refractivity contribution is -0.645. The van der Waals surface area contributed by atoms with Crippen LogP contribution in [0.15, 0.2) is 95.9 Å². The van der Waals surface area contributed by atoms with Crippen molar-refractivity contribution < 1.29 is 36.7 Å². The van der Waals surface area contributed by atoms with Gasteiger partial charge in [-0.25, -0.2) is 14.8 Å². The Labute approximate surface area is 368 Å². The number of aryl methyl sites for hydroxylation is 3. The predicted octanol–water partition coefficient (Wildman–Crippen LogP) is 5.34. The predicted molar refractivity (Wildman–Crippen MR) is 243 cm³/mol. The number of hydrogen-bond donors (Lipinski definition) is 6. The zero-order valence-electron chi connectivity index (χ0n) is 35.3. The molecular weight excluding hydrogens is 839 g/mol. The number of nitrogens with one attached hydrogen (secondary N) is 4. The van der Waals surface area contributed by atoms with Gasteiger partial charge in [0.2, 0.25) is 17.0 Å². The second kappa shape index (κ2) is 19.8. The normalized spacial score (nSPS) is 11.5. The molecule has 2 amide bonds. The number of ether oxygens (including phenoxy) is 1. The van der Waals surface area contributed by atoms with E-state index in [4.69, 9.17) is 10.5 Å². The van der Waals surface area contributed by atoms with Crippen LogP contribution in [0.2, 0.25) is 0 Å². The summed E-state index contributed by atoms with van der Waals surface area (Å²) in [6.07, 6.45) is 4.95. The fourth-order valence-electron chi connectivity index (χ4n) is 7.57. The monoisotopic (exact) mass is 886 g/mol. The van der Waals surface area contributed by atoms with Crippen molar-refractivity contribution in [1.29, 1.82) is 0 Å². The summed E-state index contributed by atoms with van der Waals surface area (Å²) in [6.45, 7) is 5.16. The number of anilines is 2. The number of nitrogen functional groups attached to an aromatic ring is 1. The number of amides is 2. The molecule has 3 heterocycles. The smallest absolute Gasteiger partial charge is 0.345 e. The minimum atomic E-state index is -4.14. The van der Waals surface area contributed by atoms with Crippen molar-refractivity contribution in [2.24, 2.45) is 0 Å². The van der Waals surface area contributed by atoms with Crippen molar-refractivity contribution in [2.45, 2.75) is 59.0 Å². The highest BCUT2D eigenvalue weighted by molar-refractivity contribution is 7.85. The molecule has 7 N–H and O–H groups in total. The first-order valence-electron chi connectivity index (χ1n) is 20.8. The fraction of sp³-hybridized carbons (Fsp3) is 0.261. The summed E-state index contributed by atoms with van der Waals surface area (Å²) in [6, 6.07) is 25.1. The van der Waals surface area contributed by atoms with Gasteiger partial charge in [-0.2, -0.15) is 18.0 Å². The molecule has 0 aliphatic carbocycles. The number of esters is 1. The molecule has 0 saturated carbocycles. The Morgan fingerprint density at radius 3 is 2.00 bits per heavy atom. The second-order valence-electron chi connectivity index (χ2n) is 15.4. The van der Waals surface area contributed by atoms with E-state index < -0.39 is 27.4 Å². The fourth-order valence-corrected chi connectivity index (χ4v) is 8.06. The lowest BCUT2D eigenvalue weighted by atomic mass is 10.0. The number of nitrogens with two attached hydrogens (primary N) is 1. The van der Waals surface area contributed by atoms with Gasteiger partial charge in [-0.3, -0.25) is 23.9 Å². The first-order chi connectivity index (χ1) is 30.8. The molecule has 64 heavy (non-hydrogen) atoms. The highest BCUT2D eigenvalue weighted by atomic mass is 32.2. The van der Waals surface area contributed by atoms with Gasteiger partial charge < -0.3 is 26.4 Å². The third kappa shape index (κ3) is 10.8. The summed E-state index contributed by atoms with van der Waals surface area (Å²) in [7, 11) is -4.14. The van der Waals surface area contributed by atoms with Crippen LogP contribution < -0.4 is 36.5 Å². The van der Waals surface area contributed by atoms with Crippen LogP contribution in [0.5, 0.6) is 5.75 Å². The lowest BCUT2D eigenvalue weighted by Gasteiger charge is -2.15. The summed E-state index contributed by atoms with van der Waals surface area (Å²) in [5.74, 6) is -1.05. The number of rotatable bonds is 18. The van der Waals surface area contributed by atoms with Crippen molar-refractivity contribution in [3.05, 3.63) is 135 Å². The quantitative estimate of drug-likeness (QED) is 0.0159. The Morgan fingerprint density at radius 1 is 0.797 bits per heavy atom. The Hall–Kier alpha value is -7.31. The van der Waals surface area contributed by atoms with Crippen LogP contribution in [0.1, 0.15) is 80.0 Å². The number of hydrogen-bond acceptors (Lipinski definition) is 12. The maximum absolute atomic E-state index is 14.0. The largest absolute Gasteiger partial charge is 0.422 e. The van der Waals surface area contributed by atoms with Gasteiger partial charge in [0.1, 0.15) is 5.75 Å². The number of fused-ring (bicyclic) bond motifs is 3. The van der Waals surface area contributed by atoms with Gasteiger partial charge in [0.05, 0.1) is 40.5 Å². The lowest BCUT2D eigenvalue weighted by Crippen LogP contribution is -2.37. The molecule has 0 spiro atoms. The van der Waals surface area contributed by atoms with Gasteiger partial charge in [0, 0.05) is 48.5 Å². The molecule has 4 aromatic carbocycles. The van der Waals surface area contributed by atoms with Gasteiger partial charge in [0.15, 0.2) is 17.7 Å². The molecule has 0 saturated heterocycles. The molecule has 0 bridgehead atoms. The van der Waals surface area contributed by atoms with Crippen molar-refractivity contribution in [1.82, 2.24) is 30.6 Å². The molecule has 330 valence electrons. The number of benzene rings is 4. The molecule has 0 radical (unpaired) electrons. The van der Waals surface area contributed by atoms with E-state index in [1.165, 1.54) is 6.20 Å². The highest BCUT2D eigenvalue weighted by Crippen LogP contribution is 2.30. The van der Waals surface area contributed by atoms with Gasteiger partial charge in [-0.15, -0.1) is 0 Å². The van der Waals surface area contributed by atoms with Crippen LogP contribution in [-0.2, 0) is 23.2 Å². The van der Waals surface area contributed by atoms with Gasteiger partial charge in [0.25, 0.3) is 27.5 Å². The molecule has 7 rings (SSSR count). The minimum absolute atomic E-state index is 0.0274. The Kier molecular flexibility index (Phi) is 13.8. The van der Waals surface area contributed by atoms with E-state index in [2.05, 4.69) is 35.9 Å². The number of nitrogens with zero attached hydrogens (tertiary/aromatic N) is 4. The van der Waals surface area contributed by atoms with E-state index in [-0.39, 0.29) is 35.3 Å². The number of carbonyl (C=O) groups is 3. The number of carbonyl (C=O) groups excluding carboxylic acids is 3. The molecule has 0 unspecified atom stereocenters. The third-order valence-corrected chi connectivity index (χ3v) is 11.4. The SMILES string of the molecule is Cc1cc(C(=O)NCCCCCCNC(=O)c2ccc(NCc3cnc4nc(N)[nH]c(=O)c4n3)cc2)cc(C)c1OC(=O)c1c2ccccc2[n+](CCCS(=O)(=O)O)c2ccccc12. The number of para-hydroxylation sites is 2. The zero-order valence-corrected chi connectivity index (χ0v) is 36.1. The number of H-pyrrole nitrogens is 1. The van der Waals surface area contributed by atoms with Crippen LogP contribution in [-0.4, -0.2) is 69.5 Å². The molecule has 0 atom stereocenters.